The summed E-state index contributed by atoms with van der Waals surface area (Å²) in [6, 6.07) is 15.7. The van der Waals surface area contributed by atoms with Crippen molar-refractivity contribution in [2.75, 3.05) is 31.1 Å². The van der Waals surface area contributed by atoms with Crippen molar-refractivity contribution in [3.8, 4) is 5.75 Å². The van der Waals surface area contributed by atoms with E-state index >= 15 is 0 Å². The van der Waals surface area contributed by atoms with Crippen LogP contribution in [0.3, 0.4) is 0 Å². The molecule has 31 heavy (non-hydrogen) atoms. The third-order valence-corrected chi connectivity index (χ3v) is 6.19. The molecule has 2 heterocycles. The minimum atomic E-state index is -0.0829. The molecule has 2 aromatic rings. The zero-order valence-corrected chi connectivity index (χ0v) is 18.2. The lowest BCUT2D eigenvalue weighted by molar-refractivity contribution is -0.121. The van der Waals surface area contributed by atoms with E-state index in [2.05, 4.69) is 17.1 Å². The number of hydrogen-bond donors (Lipinski definition) is 1. The standard InChI is InChI=1S/C25H31N3O3/c1-19-8-4-5-14-27(19)15-7-13-26-25(30)21-10-6-9-20(16-21)17-28-22-11-2-3-12-23(22)31-18-24(28)29/h2-3,6,9-12,16,19H,4-5,7-8,13-15,17-18H2,1H3,(H,26,30). The Bertz CT molecular complexity index is 930. The van der Waals surface area contributed by atoms with E-state index in [1.807, 2.05) is 48.5 Å². The highest BCUT2D eigenvalue weighted by molar-refractivity contribution is 5.98. The van der Waals surface area contributed by atoms with Gasteiger partial charge in [-0.25, -0.2) is 0 Å². The number of hydrogen-bond acceptors (Lipinski definition) is 4. The maximum atomic E-state index is 12.6. The second-order valence-electron chi connectivity index (χ2n) is 8.43. The quantitative estimate of drug-likeness (QED) is 0.694. The summed E-state index contributed by atoms with van der Waals surface area (Å²) in [5, 5.41) is 3.04. The molecule has 0 spiro atoms. The van der Waals surface area contributed by atoms with Crippen molar-refractivity contribution in [2.45, 2.75) is 45.2 Å². The lowest BCUT2D eigenvalue weighted by atomic mass is 10.0. The van der Waals surface area contributed by atoms with Crippen LogP contribution in [0.1, 0.15) is 48.5 Å². The van der Waals surface area contributed by atoms with Gasteiger partial charge >= 0.3 is 0 Å². The minimum Gasteiger partial charge on any atom is -0.482 e. The third kappa shape index (κ3) is 5.25. The van der Waals surface area contributed by atoms with Crippen LogP contribution in [0.4, 0.5) is 5.69 Å². The minimum absolute atomic E-state index is 0.0345. The summed E-state index contributed by atoms with van der Waals surface area (Å²) in [4.78, 5) is 29.3. The number of ether oxygens (including phenoxy) is 1. The first-order valence-corrected chi connectivity index (χ1v) is 11.3. The summed E-state index contributed by atoms with van der Waals surface area (Å²) < 4.78 is 5.51. The Morgan fingerprint density at radius 1 is 1.16 bits per heavy atom. The molecule has 6 nitrogen and oxygen atoms in total. The third-order valence-electron chi connectivity index (χ3n) is 6.19. The average Bonchev–Trinajstić information content (AvgIpc) is 2.80. The van der Waals surface area contributed by atoms with E-state index in [0.717, 1.165) is 24.2 Å². The molecule has 164 valence electrons. The monoisotopic (exact) mass is 421 g/mol. The summed E-state index contributed by atoms with van der Waals surface area (Å²) in [7, 11) is 0. The maximum Gasteiger partial charge on any atom is 0.265 e. The van der Waals surface area contributed by atoms with Crippen LogP contribution < -0.4 is 15.0 Å². The Morgan fingerprint density at radius 2 is 2.03 bits per heavy atom. The van der Waals surface area contributed by atoms with Gasteiger partial charge in [-0.1, -0.05) is 30.7 Å². The van der Waals surface area contributed by atoms with Crippen LogP contribution in [0.25, 0.3) is 0 Å². The topological polar surface area (TPSA) is 61.9 Å². The lowest BCUT2D eigenvalue weighted by Crippen LogP contribution is -2.39. The molecule has 2 aromatic carbocycles. The highest BCUT2D eigenvalue weighted by atomic mass is 16.5. The van der Waals surface area contributed by atoms with Gasteiger partial charge in [-0.15, -0.1) is 0 Å². The molecule has 2 aliphatic heterocycles. The summed E-state index contributed by atoms with van der Waals surface area (Å²) in [5.74, 6) is 0.557. The zero-order valence-electron chi connectivity index (χ0n) is 18.2. The number of piperidine rings is 1. The number of carbonyl (C=O) groups excluding carboxylic acids is 2. The Hall–Kier alpha value is -2.86. The predicted octanol–water partition coefficient (Wildman–Crippen LogP) is 3.61. The van der Waals surface area contributed by atoms with E-state index in [-0.39, 0.29) is 18.4 Å². The van der Waals surface area contributed by atoms with Crippen molar-refractivity contribution in [1.82, 2.24) is 10.2 Å². The fourth-order valence-electron chi connectivity index (χ4n) is 4.40. The zero-order chi connectivity index (χ0) is 21.6. The van der Waals surface area contributed by atoms with Crippen LogP contribution in [-0.4, -0.2) is 49.0 Å². The second kappa shape index (κ2) is 9.96. The molecule has 2 aliphatic rings. The summed E-state index contributed by atoms with van der Waals surface area (Å²) >= 11 is 0. The van der Waals surface area contributed by atoms with Crippen molar-refractivity contribution in [3.63, 3.8) is 0 Å². The first-order valence-electron chi connectivity index (χ1n) is 11.3. The van der Waals surface area contributed by atoms with Crippen molar-refractivity contribution in [2.24, 2.45) is 0 Å². The normalized spacial score (nSPS) is 18.9. The van der Waals surface area contributed by atoms with Crippen LogP contribution in [0.15, 0.2) is 48.5 Å². The van der Waals surface area contributed by atoms with Crippen LogP contribution >= 0.6 is 0 Å². The second-order valence-corrected chi connectivity index (χ2v) is 8.43. The number of amides is 2. The lowest BCUT2D eigenvalue weighted by Gasteiger charge is -2.33. The van der Waals surface area contributed by atoms with Gasteiger partial charge in [0, 0.05) is 24.7 Å². The van der Waals surface area contributed by atoms with Gasteiger partial charge in [0.1, 0.15) is 5.75 Å². The van der Waals surface area contributed by atoms with Gasteiger partial charge in [-0.3, -0.25) is 9.59 Å². The van der Waals surface area contributed by atoms with Gasteiger partial charge in [0.15, 0.2) is 6.61 Å². The van der Waals surface area contributed by atoms with Gasteiger partial charge < -0.3 is 19.9 Å². The maximum absolute atomic E-state index is 12.6. The molecule has 0 aliphatic carbocycles. The Balaban J connectivity index is 1.33. The molecule has 1 fully saturated rings. The van der Waals surface area contributed by atoms with E-state index in [9.17, 15) is 9.59 Å². The number of nitrogens with one attached hydrogen (secondary N) is 1. The number of carbonyl (C=O) groups is 2. The van der Waals surface area contributed by atoms with E-state index in [1.54, 1.807) is 4.90 Å². The molecule has 2 amide bonds. The number of likely N-dealkylation sites (tertiary alicyclic amines) is 1. The van der Waals surface area contributed by atoms with Gasteiger partial charge in [0.2, 0.25) is 0 Å². The molecule has 1 saturated heterocycles. The SMILES string of the molecule is CC1CCCCN1CCCNC(=O)c1cccc(CN2C(=O)COc3ccccc32)c1. The molecule has 1 unspecified atom stereocenters. The molecule has 6 heteroatoms. The molecular formula is C25H31N3O3. The fraction of sp³-hybridized carbons (Fsp3) is 0.440. The summed E-state index contributed by atoms with van der Waals surface area (Å²) in [6.45, 7) is 5.60. The molecule has 1 atom stereocenters. The molecular weight excluding hydrogens is 390 g/mol. The Labute approximate surface area is 184 Å². The Kier molecular flexibility index (Phi) is 6.87. The molecule has 1 N–H and O–H groups in total. The number of para-hydroxylation sites is 2. The van der Waals surface area contributed by atoms with Gasteiger partial charge in [0.05, 0.1) is 12.2 Å². The van der Waals surface area contributed by atoms with Crippen molar-refractivity contribution < 1.29 is 14.3 Å². The average molecular weight is 422 g/mol. The van der Waals surface area contributed by atoms with Crippen molar-refractivity contribution in [1.29, 1.82) is 0 Å². The number of benzene rings is 2. The molecule has 0 saturated carbocycles. The Morgan fingerprint density at radius 3 is 2.90 bits per heavy atom. The largest absolute Gasteiger partial charge is 0.482 e. The molecule has 0 aromatic heterocycles. The van der Waals surface area contributed by atoms with Crippen LogP contribution in [0.2, 0.25) is 0 Å². The number of anilines is 1. The number of nitrogens with zero attached hydrogens (tertiary/aromatic N) is 2. The van der Waals surface area contributed by atoms with Gasteiger partial charge in [-0.2, -0.15) is 0 Å². The predicted molar refractivity (Wildman–Crippen MR) is 121 cm³/mol. The molecule has 0 radical (unpaired) electrons. The first kappa shape index (κ1) is 21.4. The highest BCUT2D eigenvalue weighted by Crippen LogP contribution is 2.32. The summed E-state index contributed by atoms with van der Waals surface area (Å²) in [6.07, 6.45) is 4.83. The number of rotatable bonds is 7. The van der Waals surface area contributed by atoms with E-state index in [1.165, 1.54) is 25.8 Å². The van der Waals surface area contributed by atoms with Crippen LogP contribution in [-0.2, 0) is 11.3 Å². The smallest absolute Gasteiger partial charge is 0.265 e. The van der Waals surface area contributed by atoms with E-state index < -0.39 is 0 Å². The molecule has 4 rings (SSSR count). The van der Waals surface area contributed by atoms with E-state index in [0.29, 0.717) is 30.4 Å². The number of fused-ring (bicyclic) bond motifs is 1. The van der Waals surface area contributed by atoms with Crippen LogP contribution in [0.5, 0.6) is 5.75 Å². The van der Waals surface area contributed by atoms with Crippen molar-refractivity contribution >= 4 is 17.5 Å². The van der Waals surface area contributed by atoms with Gasteiger partial charge in [0.25, 0.3) is 11.8 Å². The molecule has 0 bridgehead atoms. The van der Waals surface area contributed by atoms with Crippen LogP contribution in [0, 0.1) is 0 Å². The van der Waals surface area contributed by atoms with Crippen molar-refractivity contribution in [3.05, 3.63) is 59.7 Å². The highest BCUT2D eigenvalue weighted by Gasteiger charge is 2.25. The van der Waals surface area contributed by atoms with E-state index in [4.69, 9.17) is 4.74 Å². The fourth-order valence-corrected chi connectivity index (χ4v) is 4.40. The van der Waals surface area contributed by atoms with Gasteiger partial charge in [-0.05, 0) is 62.6 Å². The summed E-state index contributed by atoms with van der Waals surface area (Å²) in [5.41, 5.74) is 2.30. The first-order chi connectivity index (χ1) is 15.1.